The molecule has 1 saturated carbocycles. The van der Waals surface area contributed by atoms with Gasteiger partial charge in [0, 0.05) is 41.3 Å². The molecule has 22 heteroatoms. The minimum absolute atomic E-state index is 0.00916. The van der Waals surface area contributed by atoms with Gasteiger partial charge in [0.1, 0.15) is 6.04 Å². The number of benzene rings is 4. The molecular formula is C50H56Cl2F6N4O8S2. The largest absolute Gasteiger partial charge is 0.416 e. The van der Waals surface area contributed by atoms with Gasteiger partial charge in [0.05, 0.1) is 39.5 Å². The van der Waals surface area contributed by atoms with Crippen molar-refractivity contribution in [3.05, 3.63) is 130 Å². The zero-order valence-corrected chi connectivity index (χ0v) is 43.1. The number of rotatable bonds is 12. The van der Waals surface area contributed by atoms with Crippen LogP contribution in [-0.2, 0) is 41.0 Å². The lowest BCUT2D eigenvalue weighted by Gasteiger charge is -2.26. The summed E-state index contributed by atoms with van der Waals surface area (Å²) in [6.07, 6.45) is 2.62. The Morgan fingerprint density at radius 3 is 1.61 bits per heavy atom. The van der Waals surface area contributed by atoms with Gasteiger partial charge in [-0.1, -0.05) is 81.5 Å². The van der Waals surface area contributed by atoms with Gasteiger partial charge in [-0.25, -0.2) is 16.8 Å². The fourth-order valence-electron chi connectivity index (χ4n) is 7.32. The molecule has 0 radical (unpaired) electrons. The molecule has 1 saturated heterocycles. The molecule has 0 bridgehead atoms. The van der Waals surface area contributed by atoms with E-state index in [1.54, 1.807) is 13.8 Å². The monoisotopic (exact) mass is 1090 g/mol. The molecule has 3 atom stereocenters. The third kappa shape index (κ3) is 17.9. The second-order valence-corrected chi connectivity index (χ2v) is 21.7. The second kappa shape index (κ2) is 27.0. The Balaban J connectivity index is 0.000000316. The minimum atomic E-state index is -4.46. The van der Waals surface area contributed by atoms with Gasteiger partial charge in [0.25, 0.3) is 20.2 Å². The van der Waals surface area contributed by atoms with Gasteiger partial charge < -0.3 is 15.5 Å². The molecule has 4 aromatic carbocycles. The van der Waals surface area contributed by atoms with Crippen molar-refractivity contribution < 1.29 is 62.4 Å². The number of halogens is 8. The summed E-state index contributed by atoms with van der Waals surface area (Å²) in [6, 6.07) is 18.5. The Morgan fingerprint density at radius 1 is 0.722 bits per heavy atom. The summed E-state index contributed by atoms with van der Waals surface area (Å²) in [5.41, 5.74) is -0.0720. The number of nitrogens with one attached hydrogen (secondary N) is 2. The number of amides is 3. The lowest BCUT2D eigenvalue weighted by Crippen LogP contribution is -2.46. The van der Waals surface area contributed by atoms with Crippen LogP contribution in [0.15, 0.2) is 107 Å². The van der Waals surface area contributed by atoms with E-state index in [1.807, 2.05) is 0 Å². The highest BCUT2D eigenvalue weighted by atomic mass is 35.7. The van der Waals surface area contributed by atoms with Crippen molar-refractivity contribution >= 4 is 64.3 Å². The molecule has 6 rings (SSSR count). The quantitative estimate of drug-likeness (QED) is 0.0803. The van der Waals surface area contributed by atoms with Crippen molar-refractivity contribution in [2.24, 2.45) is 5.92 Å². The summed E-state index contributed by atoms with van der Waals surface area (Å²) in [7, 11) is -1.31. The van der Waals surface area contributed by atoms with Gasteiger partial charge in [-0.3, -0.25) is 19.2 Å². The molecule has 1 aliphatic heterocycles. The molecule has 2 fully saturated rings. The van der Waals surface area contributed by atoms with Crippen LogP contribution in [0.2, 0.25) is 0 Å². The van der Waals surface area contributed by atoms with Crippen LogP contribution in [0.4, 0.5) is 26.3 Å². The molecule has 4 aromatic rings. The highest BCUT2D eigenvalue weighted by Gasteiger charge is 2.36. The molecule has 1 aliphatic carbocycles. The SMILES string of the molecule is C#CCN(C)S(=O)(=O)c1cccc(C(=O)N2CCC[C@@H]2C(=O)N[C@H](C)c2ccc(C(F)(F)F)cc2)c1.CCC.C[C@@H](NC(=O)C1CCCC1)c1ccc(C(F)(F)F)cc1.O=C(Cl)c1cccc(S(=O)(=O)Cl)c1. The van der Waals surface area contributed by atoms with Crippen LogP contribution in [0.1, 0.15) is 128 Å². The summed E-state index contributed by atoms with van der Waals surface area (Å²) in [4.78, 5) is 50.0. The van der Waals surface area contributed by atoms with E-state index >= 15 is 0 Å². The van der Waals surface area contributed by atoms with E-state index in [0.717, 1.165) is 60.3 Å². The van der Waals surface area contributed by atoms with Crippen LogP contribution in [-0.4, -0.2) is 75.2 Å². The van der Waals surface area contributed by atoms with E-state index in [2.05, 4.69) is 30.4 Å². The first kappa shape index (κ1) is 60.8. The summed E-state index contributed by atoms with van der Waals surface area (Å²) >= 11 is 5.15. The van der Waals surface area contributed by atoms with Gasteiger partial charge in [0.15, 0.2) is 0 Å². The number of hydrogen-bond acceptors (Lipinski definition) is 8. The molecule has 2 N–H and O–H groups in total. The third-order valence-electron chi connectivity index (χ3n) is 11.2. The number of carbonyl (C=O) groups is 4. The van der Waals surface area contributed by atoms with Gasteiger partial charge in [0.2, 0.25) is 21.8 Å². The Kier molecular flexibility index (Phi) is 22.8. The van der Waals surface area contributed by atoms with E-state index in [4.69, 9.17) is 28.7 Å². The summed E-state index contributed by atoms with van der Waals surface area (Å²) in [6.45, 7) is 7.85. The Morgan fingerprint density at radius 2 is 1.17 bits per heavy atom. The van der Waals surface area contributed by atoms with Crippen LogP contribution in [0.3, 0.4) is 0 Å². The zero-order chi connectivity index (χ0) is 54.2. The number of sulfonamides is 1. The average Bonchev–Trinajstić information content (AvgIpc) is 4.06. The van der Waals surface area contributed by atoms with Gasteiger partial charge in [-0.15, -0.1) is 6.42 Å². The first-order chi connectivity index (χ1) is 33.6. The Hall–Kier alpha value is -5.46. The normalized spacial score (nSPS) is 15.8. The maximum atomic E-state index is 13.2. The van der Waals surface area contributed by atoms with Crippen LogP contribution in [0.25, 0.3) is 0 Å². The number of carbonyl (C=O) groups excluding carboxylic acids is 4. The van der Waals surface area contributed by atoms with Gasteiger partial charge in [-0.05, 0) is 117 Å². The van der Waals surface area contributed by atoms with Crippen molar-refractivity contribution in [2.75, 3.05) is 20.1 Å². The predicted octanol–water partition coefficient (Wildman–Crippen LogP) is 10.9. The first-order valence-corrected chi connectivity index (χ1v) is 26.7. The topological polar surface area (TPSA) is 167 Å². The predicted molar refractivity (Wildman–Crippen MR) is 263 cm³/mol. The number of likely N-dealkylation sites (tertiary alicyclic amines) is 1. The molecule has 3 amide bonds. The highest BCUT2D eigenvalue weighted by molar-refractivity contribution is 8.13. The van der Waals surface area contributed by atoms with Gasteiger partial charge >= 0.3 is 12.4 Å². The zero-order valence-electron chi connectivity index (χ0n) is 40.0. The number of terminal acetylenes is 1. The molecule has 392 valence electrons. The Labute approximate surface area is 426 Å². The molecule has 0 spiro atoms. The highest BCUT2D eigenvalue weighted by Crippen LogP contribution is 2.32. The van der Waals surface area contributed by atoms with Gasteiger partial charge in [-0.2, -0.15) is 30.6 Å². The molecule has 1 heterocycles. The Bertz CT molecular complexity index is 2750. The lowest BCUT2D eigenvalue weighted by atomic mass is 10.0. The summed E-state index contributed by atoms with van der Waals surface area (Å²) in [5, 5.41) is 4.92. The van der Waals surface area contributed by atoms with E-state index in [-0.39, 0.29) is 45.3 Å². The maximum absolute atomic E-state index is 13.2. The maximum Gasteiger partial charge on any atom is 0.416 e. The minimum Gasteiger partial charge on any atom is -0.349 e. The molecule has 12 nitrogen and oxygen atoms in total. The lowest BCUT2D eigenvalue weighted by molar-refractivity contribution is -0.138. The molecule has 0 aromatic heterocycles. The number of alkyl halides is 6. The third-order valence-corrected chi connectivity index (χ3v) is 14.6. The molecular weight excluding hydrogens is 1030 g/mol. The summed E-state index contributed by atoms with van der Waals surface area (Å²) in [5.74, 6) is 1.40. The van der Waals surface area contributed by atoms with Crippen LogP contribution in [0.5, 0.6) is 0 Å². The molecule has 2 aliphatic rings. The van der Waals surface area contributed by atoms with E-state index in [1.165, 1.54) is 85.1 Å². The number of nitrogens with zero attached hydrogens (tertiary/aromatic N) is 2. The van der Waals surface area contributed by atoms with E-state index in [9.17, 15) is 62.4 Å². The second-order valence-electron chi connectivity index (χ2n) is 16.8. The van der Waals surface area contributed by atoms with E-state index < -0.39 is 71.7 Å². The smallest absolute Gasteiger partial charge is 0.349 e. The van der Waals surface area contributed by atoms with Crippen molar-refractivity contribution in [3.63, 3.8) is 0 Å². The van der Waals surface area contributed by atoms with Crippen LogP contribution in [0, 0.1) is 18.3 Å². The average molecular weight is 1090 g/mol. The standard InChI is InChI=1S/C25H26F3N3O4S.C15H18F3NO.C7H4Cl2O3S.C3H8/c1-4-14-30(3)36(34,35)21-8-5-7-19(16-21)24(33)31-15-6-9-22(31)23(32)29-17(2)18-10-12-20(13-11-18)25(26,27)28;1-10(19-14(20)12-4-2-3-5-12)11-6-8-13(9-7-11)15(16,17)18;8-7(10)5-2-1-3-6(4-5)13(9,11)12;1-3-2/h1,5,7-8,10-13,16-17,22H,6,9,14-15H2,2-3H3,(H,29,32);6-10,12H,2-5H2,1H3,(H,19,20);1-4H;3H2,1-2H3/t17-,22-;10-;;/m11../s1. The van der Waals surface area contributed by atoms with Crippen LogP contribution >= 0.6 is 22.3 Å². The van der Waals surface area contributed by atoms with Crippen LogP contribution < -0.4 is 10.6 Å². The molecule has 72 heavy (non-hydrogen) atoms. The summed E-state index contributed by atoms with van der Waals surface area (Å²) < 4.78 is 124. The fraction of sp³-hybridized carbons (Fsp3) is 0.400. The van der Waals surface area contributed by atoms with Crippen molar-refractivity contribution in [1.29, 1.82) is 0 Å². The fourth-order valence-corrected chi connectivity index (χ4v) is 9.36. The van der Waals surface area contributed by atoms with E-state index in [0.29, 0.717) is 30.5 Å². The first-order valence-electron chi connectivity index (χ1n) is 22.6. The van der Waals surface area contributed by atoms with Crippen molar-refractivity contribution in [2.45, 2.75) is 113 Å². The number of hydrogen-bond donors (Lipinski definition) is 2. The van der Waals surface area contributed by atoms with Crippen molar-refractivity contribution in [1.82, 2.24) is 19.8 Å². The molecule has 0 unspecified atom stereocenters. The van der Waals surface area contributed by atoms with Crippen molar-refractivity contribution in [3.8, 4) is 12.3 Å².